The van der Waals surface area contributed by atoms with E-state index in [-0.39, 0.29) is 17.1 Å². The molecule has 0 radical (unpaired) electrons. The molecule has 8 heteroatoms. The van der Waals surface area contributed by atoms with E-state index >= 15 is 0 Å². The topological polar surface area (TPSA) is 74.6 Å². The predicted octanol–water partition coefficient (Wildman–Crippen LogP) is 3.44. The number of aliphatic hydroxyl groups excluding tert-OH is 1. The summed E-state index contributed by atoms with van der Waals surface area (Å²) < 4.78 is 65.6. The van der Waals surface area contributed by atoms with Gasteiger partial charge in [0.2, 0.25) is 0 Å². The lowest BCUT2D eigenvalue weighted by atomic mass is 10.1. The van der Waals surface area contributed by atoms with Crippen LogP contribution in [0.25, 0.3) is 0 Å². The smallest absolute Gasteiger partial charge is 0.392 e. The Morgan fingerprint density at radius 1 is 1.04 bits per heavy atom. The van der Waals surface area contributed by atoms with Crippen LogP contribution in [0.15, 0.2) is 53.4 Å². The molecule has 0 spiro atoms. The van der Waals surface area contributed by atoms with E-state index in [4.69, 9.17) is 9.66 Å². The highest BCUT2D eigenvalue weighted by atomic mass is 32.2. The zero-order valence-electron chi connectivity index (χ0n) is 12.1. The van der Waals surface area contributed by atoms with Crippen molar-refractivity contribution in [2.45, 2.75) is 24.6 Å². The molecule has 23 heavy (non-hydrogen) atoms. The molecule has 0 saturated carbocycles. The predicted molar refractivity (Wildman–Crippen MR) is 78.4 cm³/mol. The molecule has 126 valence electrons. The molecule has 0 fully saturated rings. The molecule has 0 aliphatic heterocycles. The van der Waals surface area contributed by atoms with E-state index < -0.39 is 21.9 Å². The monoisotopic (exact) mass is 348 g/mol. The Kier molecular flexibility index (Phi) is 6.31. The Bertz CT molecular complexity index is 738. The van der Waals surface area contributed by atoms with Crippen molar-refractivity contribution in [3.05, 3.63) is 65.2 Å². The molecular formula is C15H15F3O4S. The van der Waals surface area contributed by atoms with Gasteiger partial charge in [0, 0.05) is 0 Å². The second-order valence-corrected chi connectivity index (χ2v) is 6.07. The molecule has 0 aromatic heterocycles. The van der Waals surface area contributed by atoms with Crippen molar-refractivity contribution < 1.29 is 31.2 Å². The maximum absolute atomic E-state index is 12.0. The molecule has 0 aliphatic rings. The molecule has 0 unspecified atom stereocenters. The number of aryl methyl sites for hydroxylation is 1. The Morgan fingerprint density at radius 2 is 1.61 bits per heavy atom. The maximum atomic E-state index is 12.0. The zero-order chi connectivity index (χ0) is 17.7. The van der Waals surface area contributed by atoms with Gasteiger partial charge in [0.25, 0.3) is 10.1 Å². The Balaban J connectivity index is 0.000000231. The molecule has 0 amide bonds. The van der Waals surface area contributed by atoms with Gasteiger partial charge >= 0.3 is 6.18 Å². The molecule has 0 bridgehead atoms. The Hall–Kier alpha value is -1.90. The van der Waals surface area contributed by atoms with Gasteiger partial charge in [0.1, 0.15) is 0 Å². The summed E-state index contributed by atoms with van der Waals surface area (Å²) in [5.41, 5.74) is 0.497. The molecule has 0 atom stereocenters. The molecule has 2 aromatic carbocycles. The summed E-state index contributed by atoms with van der Waals surface area (Å²) in [7, 11) is -4.02. The van der Waals surface area contributed by atoms with Crippen molar-refractivity contribution in [1.29, 1.82) is 0 Å². The van der Waals surface area contributed by atoms with Crippen molar-refractivity contribution in [3.8, 4) is 0 Å². The first-order chi connectivity index (χ1) is 10.5. The molecule has 2 N–H and O–H groups in total. The van der Waals surface area contributed by atoms with Crippen molar-refractivity contribution >= 4 is 10.1 Å². The zero-order valence-corrected chi connectivity index (χ0v) is 12.9. The fourth-order valence-corrected chi connectivity index (χ4v) is 2.04. The Morgan fingerprint density at radius 3 is 2.04 bits per heavy atom. The highest BCUT2D eigenvalue weighted by Gasteiger charge is 2.30. The number of halogens is 3. The maximum Gasteiger partial charge on any atom is 0.416 e. The highest BCUT2D eigenvalue weighted by Crippen LogP contribution is 2.29. The van der Waals surface area contributed by atoms with Gasteiger partial charge in [-0.1, -0.05) is 29.8 Å². The van der Waals surface area contributed by atoms with Gasteiger partial charge in [-0.15, -0.1) is 0 Å². The van der Waals surface area contributed by atoms with Crippen molar-refractivity contribution in [1.82, 2.24) is 0 Å². The summed E-state index contributed by atoms with van der Waals surface area (Å²) in [4.78, 5) is -0.0666. The average Bonchev–Trinajstić information content (AvgIpc) is 2.46. The van der Waals surface area contributed by atoms with Crippen LogP contribution in [-0.4, -0.2) is 18.1 Å². The van der Waals surface area contributed by atoms with E-state index in [2.05, 4.69) is 0 Å². The SMILES string of the molecule is Cc1ccc(S(=O)(=O)O)cc1.OCc1cccc(C(F)(F)F)c1. The number of aliphatic hydroxyl groups is 1. The minimum absolute atomic E-state index is 0.0666. The van der Waals surface area contributed by atoms with Gasteiger partial charge < -0.3 is 5.11 Å². The number of hydrogen-bond donors (Lipinski definition) is 2. The summed E-state index contributed by atoms with van der Waals surface area (Å²) in [6.45, 7) is 1.47. The summed E-state index contributed by atoms with van der Waals surface area (Å²) in [5.74, 6) is 0. The summed E-state index contributed by atoms with van der Waals surface area (Å²) in [5, 5.41) is 8.56. The second-order valence-electron chi connectivity index (χ2n) is 4.64. The van der Waals surface area contributed by atoms with Gasteiger partial charge in [-0.3, -0.25) is 4.55 Å². The van der Waals surface area contributed by atoms with E-state index in [1.165, 1.54) is 24.3 Å². The Labute approximate surface area is 132 Å². The second kappa shape index (κ2) is 7.58. The minimum atomic E-state index is -4.33. The van der Waals surface area contributed by atoms with E-state index in [0.717, 1.165) is 17.7 Å². The van der Waals surface area contributed by atoms with Crippen LogP contribution in [0.2, 0.25) is 0 Å². The first-order valence-corrected chi connectivity index (χ1v) is 7.79. The van der Waals surface area contributed by atoms with Crippen LogP contribution in [0.1, 0.15) is 16.7 Å². The van der Waals surface area contributed by atoms with E-state index in [1.54, 1.807) is 12.1 Å². The molecule has 2 rings (SSSR count). The fourth-order valence-electron chi connectivity index (χ4n) is 1.56. The van der Waals surface area contributed by atoms with Crippen LogP contribution in [0, 0.1) is 6.92 Å². The van der Waals surface area contributed by atoms with Gasteiger partial charge in [0.05, 0.1) is 17.1 Å². The third-order valence-electron chi connectivity index (χ3n) is 2.76. The van der Waals surface area contributed by atoms with Gasteiger partial charge in [0.15, 0.2) is 0 Å². The summed E-state index contributed by atoms with van der Waals surface area (Å²) in [6.07, 6.45) is -4.33. The third kappa shape index (κ3) is 6.39. The number of benzene rings is 2. The lowest BCUT2D eigenvalue weighted by Gasteiger charge is -2.06. The van der Waals surface area contributed by atoms with Crippen LogP contribution in [0.4, 0.5) is 13.2 Å². The van der Waals surface area contributed by atoms with Gasteiger partial charge in [-0.05, 0) is 36.8 Å². The first-order valence-electron chi connectivity index (χ1n) is 6.35. The van der Waals surface area contributed by atoms with Gasteiger partial charge in [-0.25, -0.2) is 0 Å². The van der Waals surface area contributed by atoms with E-state index in [1.807, 2.05) is 6.92 Å². The number of hydrogen-bond acceptors (Lipinski definition) is 3. The summed E-state index contributed by atoms with van der Waals surface area (Å²) in [6, 6.07) is 10.6. The van der Waals surface area contributed by atoms with Crippen LogP contribution in [0.3, 0.4) is 0 Å². The lowest BCUT2D eigenvalue weighted by molar-refractivity contribution is -0.137. The van der Waals surface area contributed by atoms with Crippen molar-refractivity contribution in [2.24, 2.45) is 0 Å². The van der Waals surface area contributed by atoms with E-state index in [9.17, 15) is 21.6 Å². The number of alkyl halides is 3. The largest absolute Gasteiger partial charge is 0.416 e. The third-order valence-corrected chi connectivity index (χ3v) is 3.62. The van der Waals surface area contributed by atoms with Crippen LogP contribution in [0.5, 0.6) is 0 Å². The molecule has 4 nitrogen and oxygen atoms in total. The summed E-state index contributed by atoms with van der Waals surface area (Å²) >= 11 is 0. The highest BCUT2D eigenvalue weighted by molar-refractivity contribution is 7.85. The quantitative estimate of drug-likeness (QED) is 0.816. The average molecular weight is 348 g/mol. The lowest BCUT2D eigenvalue weighted by Crippen LogP contribution is -2.05. The molecule has 0 heterocycles. The molecule has 0 aliphatic carbocycles. The number of rotatable bonds is 2. The fraction of sp³-hybridized carbons (Fsp3) is 0.200. The molecule has 2 aromatic rings. The minimum Gasteiger partial charge on any atom is -0.392 e. The molecular weight excluding hydrogens is 333 g/mol. The van der Waals surface area contributed by atoms with Crippen LogP contribution < -0.4 is 0 Å². The first kappa shape index (κ1) is 19.1. The van der Waals surface area contributed by atoms with Crippen molar-refractivity contribution in [3.63, 3.8) is 0 Å². The van der Waals surface area contributed by atoms with Gasteiger partial charge in [-0.2, -0.15) is 21.6 Å². The molecule has 0 saturated heterocycles. The van der Waals surface area contributed by atoms with E-state index in [0.29, 0.717) is 0 Å². The van der Waals surface area contributed by atoms with Crippen LogP contribution in [-0.2, 0) is 22.9 Å². The standard InChI is InChI=1S/C8H7F3O.C7H8O3S/c9-8(10,11)7-3-1-2-6(4-7)5-12;1-6-2-4-7(5-3-6)11(8,9)10/h1-4,12H,5H2;2-5H,1H3,(H,8,9,10). The van der Waals surface area contributed by atoms with Crippen LogP contribution >= 0.6 is 0 Å². The van der Waals surface area contributed by atoms with Crippen molar-refractivity contribution in [2.75, 3.05) is 0 Å². The normalized spacial score (nSPS) is 11.6.